The van der Waals surface area contributed by atoms with Crippen molar-refractivity contribution < 1.29 is 0 Å². The van der Waals surface area contributed by atoms with E-state index < -0.39 is 0 Å². The molecule has 0 saturated heterocycles. The fourth-order valence-electron chi connectivity index (χ4n) is 2.92. The number of hydrogen-bond acceptors (Lipinski definition) is 3. The Bertz CT molecular complexity index is 971. The molecule has 4 aromatic rings. The SMILES string of the molecule is Cc1ccc2c(c1)c1cnc(N)nc1n2Cc1ccccc1. The van der Waals surface area contributed by atoms with Crippen molar-refractivity contribution in [1.82, 2.24) is 14.5 Å². The second-order valence-electron chi connectivity index (χ2n) is 5.56. The van der Waals surface area contributed by atoms with Crippen molar-refractivity contribution in [2.75, 3.05) is 5.73 Å². The first-order valence-corrected chi connectivity index (χ1v) is 7.27. The third-order valence-electron chi connectivity index (χ3n) is 3.96. The summed E-state index contributed by atoms with van der Waals surface area (Å²) in [4.78, 5) is 8.63. The van der Waals surface area contributed by atoms with Gasteiger partial charge in [-0.25, -0.2) is 4.98 Å². The van der Waals surface area contributed by atoms with E-state index in [0.29, 0.717) is 5.95 Å². The Labute approximate surface area is 128 Å². The van der Waals surface area contributed by atoms with Crippen LogP contribution in [-0.4, -0.2) is 14.5 Å². The molecule has 0 fully saturated rings. The minimum atomic E-state index is 0.307. The number of fused-ring (bicyclic) bond motifs is 3. The molecule has 2 aromatic carbocycles. The zero-order valence-electron chi connectivity index (χ0n) is 12.3. The van der Waals surface area contributed by atoms with Crippen molar-refractivity contribution >= 4 is 27.9 Å². The maximum Gasteiger partial charge on any atom is 0.221 e. The number of nitrogen functional groups attached to an aromatic ring is 1. The predicted molar refractivity (Wildman–Crippen MR) is 89.7 cm³/mol. The van der Waals surface area contributed by atoms with Crippen LogP contribution in [0.5, 0.6) is 0 Å². The lowest BCUT2D eigenvalue weighted by atomic mass is 10.1. The molecule has 0 aliphatic rings. The minimum Gasteiger partial charge on any atom is -0.368 e. The van der Waals surface area contributed by atoms with Gasteiger partial charge in [0.25, 0.3) is 0 Å². The summed E-state index contributed by atoms with van der Waals surface area (Å²) in [6, 6.07) is 16.8. The Kier molecular flexibility index (Phi) is 2.82. The summed E-state index contributed by atoms with van der Waals surface area (Å²) in [7, 11) is 0. The molecule has 2 heterocycles. The number of aryl methyl sites for hydroxylation is 1. The standard InChI is InChI=1S/C18H16N4/c1-12-7-8-16-14(9-12)15-10-20-18(19)21-17(15)22(16)11-13-5-3-2-4-6-13/h2-10H,11H2,1H3,(H2,19,20,21). The highest BCUT2D eigenvalue weighted by molar-refractivity contribution is 6.06. The molecule has 0 bridgehead atoms. The topological polar surface area (TPSA) is 56.7 Å². The fourth-order valence-corrected chi connectivity index (χ4v) is 2.92. The molecule has 0 atom stereocenters. The van der Waals surface area contributed by atoms with E-state index in [1.165, 1.54) is 16.5 Å². The van der Waals surface area contributed by atoms with Crippen LogP contribution in [0, 0.1) is 6.92 Å². The predicted octanol–water partition coefficient (Wildman–Crippen LogP) is 3.52. The van der Waals surface area contributed by atoms with Gasteiger partial charge in [-0.2, -0.15) is 4.98 Å². The molecular formula is C18H16N4. The van der Waals surface area contributed by atoms with Crippen molar-refractivity contribution in [3.05, 3.63) is 65.9 Å². The summed E-state index contributed by atoms with van der Waals surface area (Å²) in [5.74, 6) is 0.307. The average molecular weight is 288 g/mol. The molecule has 0 radical (unpaired) electrons. The van der Waals surface area contributed by atoms with Crippen LogP contribution in [0.15, 0.2) is 54.7 Å². The molecule has 4 heteroatoms. The molecule has 0 spiro atoms. The second kappa shape index (κ2) is 4.84. The highest BCUT2D eigenvalue weighted by Gasteiger charge is 2.13. The highest BCUT2D eigenvalue weighted by atomic mass is 15.1. The number of benzene rings is 2. The number of nitrogens with zero attached hydrogens (tertiary/aromatic N) is 3. The summed E-state index contributed by atoms with van der Waals surface area (Å²) in [5.41, 5.74) is 10.3. The lowest BCUT2D eigenvalue weighted by molar-refractivity contribution is 0.855. The second-order valence-corrected chi connectivity index (χ2v) is 5.56. The van der Waals surface area contributed by atoms with Crippen LogP contribution in [0.2, 0.25) is 0 Å². The Hall–Kier alpha value is -2.88. The van der Waals surface area contributed by atoms with Gasteiger partial charge in [0.15, 0.2) is 0 Å². The van der Waals surface area contributed by atoms with Crippen LogP contribution < -0.4 is 5.73 Å². The highest BCUT2D eigenvalue weighted by Crippen LogP contribution is 2.29. The van der Waals surface area contributed by atoms with Gasteiger partial charge >= 0.3 is 0 Å². The van der Waals surface area contributed by atoms with Gasteiger partial charge in [-0.1, -0.05) is 42.0 Å². The van der Waals surface area contributed by atoms with E-state index >= 15 is 0 Å². The quantitative estimate of drug-likeness (QED) is 0.614. The van der Waals surface area contributed by atoms with Crippen LogP contribution >= 0.6 is 0 Å². The first kappa shape index (κ1) is 12.8. The van der Waals surface area contributed by atoms with Gasteiger partial charge in [-0.05, 0) is 24.6 Å². The Morgan fingerprint density at radius 2 is 1.86 bits per heavy atom. The van der Waals surface area contributed by atoms with Crippen LogP contribution in [0.4, 0.5) is 5.95 Å². The Morgan fingerprint density at radius 1 is 1.05 bits per heavy atom. The summed E-state index contributed by atoms with van der Waals surface area (Å²) in [6.45, 7) is 2.86. The first-order chi connectivity index (χ1) is 10.7. The zero-order valence-corrected chi connectivity index (χ0v) is 12.3. The fraction of sp³-hybridized carbons (Fsp3) is 0.111. The molecule has 108 valence electrons. The molecule has 0 saturated carbocycles. The van der Waals surface area contributed by atoms with E-state index in [9.17, 15) is 0 Å². The van der Waals surface area contributed by atoms with Gasteiger partial charge in [-0.15, -0.1) is 0 Å². The molecule has 4 nitrogen and oxygen atoms in total. The summed E-state index contributed by atoms with van der Waals surface area (Å²) in [5, 5.41) is 2.22. The molecular weight excluding hydrogens is 272 g/mol. The molecule has 2 N–H and O–H groups in total. The van der Waals surface area contributed by atoms with E-state index in [2.05, 4.69) is 63.9 Å². The van der Waals surface area contributed by atoms with E-state index in [4.69, 9.17) is 5.73 Å². The molecule has 4 rings (SSSR count). The monoisotopic (exact) mass is 288 g/mol. The summed E-state index contributed by atoms with van der Waals surface area (Å²) in [6.07, 6.45) is 1.82. The maximum atomic E-state index is 5.80. The molecule has 22 heavy (non-hydrogen) atoms. The first-order valence-electron chi connectivity index (χ1n) is 7.27. The lowest BCUT2D eigenvalue weighted by Crippen LogP contribution is -2.02. The van der Waals surface area contributed by atoms with E-state index in [-0.39, 0.29) is 0 Å². The van der Waals surface area contributed by atoms with Gasteiger partial charge in [0.1, 0.15) is 5.65 Å². The van der Waals surface area contributed by atoms with Crippen LogP contribution in [-0.2, 0) is 6.54 Å². The zero-order chi connectivity index (χ0) is 15.1. The van der Waals surface area contributed by atoms with Gasteiger partial charge in [0, 0.05) is 23.5 Å². The number of nitrogens with two attached hydrogens (primary N) is 1. The lowest BCUT2D eigenvalue weighted by Gasteiger charge is -2.07. The van der Waals surface area contributed by atoms with Crippen molar-refractivity contribution in [3.63, 3.8) is 0 Å². The largest absolute Gasteiger partial charge is 0.368 e. The molecule has 0 aliphatic carbocycles. The van der Waals surface area contributed by atoms with Gasteiger partial charge in [0.05, 0.1) is 5.52 Å². The maximum absolute atomic E-state index is 5.80. The van der Waals surface area contributed by atoms with Crippen molar-refractivity contribution in [3.8, 4) is 0 Å². The smallest absolute Gasteiger partial charge is 0.221 e. The Morgan fingerprint density at radius 3 is 2.68 bits per heavy atom. The average Bonchev–Trinajstić information content (AvgIpc) is 2.81. The van der Waals surface area contributed by atoms with Crippen molar-refractivity contribution in [1.29, 1.82) is 0 Å². The van der Waals surface area contributed by atoms with Crippen molar-refractivity contribution in [2.45, 2.75) is 13.5 Å². The molecule has 0 amide bonds. The van der Waals surface area contributed by atoms with Gasteiger partial charge < -0.3 is 10.3 Å². The summed E-state index contributed by atoms with van der Waals surface area (Å²) < 4.78 is 2.21. The summed E-state index contributed by atoms with van der Waals surface area (Å²) >= 11 is 0. The molecule has 0 aliphatic heterocycles. The van der Waals surface area contributed by atoms with E-state index in [0.717, 1.165) is 23.1 Å². The van der Waals surface area contributed by atoms with E-state index in [1.807, 2.05) is 12.3 Å². The van der Waals surface area contributed by atoms with E-state index in [1.54, 1.807) is 0 Å². The Balaban J connectivity index is 2.03. The molecule has 0 unspecified atom stereocenters. The number of anilines is 1. The van der Waals surface area contributed by atoms with Crippen LogP contribution in [0.25, 0.3) is 21.9 Å². The third kappa shape index (κ3) is 2.00. The van der Waals surface area contributed by atoms with Gasteiger partial charge in [0.2, 0.25) is 5.95 Å². The third-order valence-corrected chi connectivity index (χ3v) is 3.96. The van der Waals surface area contributed by atoms with Crippen LogP contribution in [0.1, 0.15) is 11.1 Å². The van der Waals surface area contributed by atoms with Crippen molar-refractivity contribution in [2.24, 2.45) is 0 Å². The normalized spacial score (nSPS) is 11.3. The minimum absolute atomic E-state index is 0.307. The molecule has 2 aromatic heterocycles. The van der Waals surface area contributed by atoms with Crippen LogP contribution in [0.3, 0.4) is 0 Å². The number of hydrogen-bond donors (Lipinski definition) is 1. The number of rotatable bonds is 2. The van der Waals surface area contributed by atoms with Gasteiger partial charge in [-0.3, -0.25) is 0 Å². The number of aromatic nitrogens is 3.